The molecule has 0 atom stereocenters. The van der Waals surface area contributed by atoms with Gasteiger partial charge in [-0.15, -0.1) is 0 Å². The van der Waals surface area contributed by atoms with Crippen molar-refractivity contribution in [1.29, 1.82) is 0 Å². The molecule has 16 heavy (non-hydrogen) atoms. The molecule has 5 nitrogen and oxygen atoms in total. The van der Waals surface area contributed by atoms with Crippen molar-refractivity contribution in [2.45, 2.75) is 0 Å². The van der Waals surface area contributed by atoms with Crippen molar-refractivity contribution < 1.29 is 19.3 Å². The monoisotopic (exact) mass is 223 g/mol. The number of esters is 1. The van der Waals surface area contributed by atoms with Crippen molar-refractivity contribution in [2.24, 2.45) is 5.92 Å². The third kappa shape index (κ3) is 2.50. The van der Waals surface area contributed by atoms with Gasteiger partial charge in [-0.25, -0.2) is 14.6 Å². The molecule has 1 aliphatic heterocycles. The minimum absolute atomic E-state index is 0.105. The number of ether oxygens (including phenoxy) is 1. The fraction of sp³-hybridized carbons (Fsp3) is 0.364. The normalized spacial score (nSPS) is 16.2. The number of carbonyl (C=O) groups is 1. The fourth-order valence-corrected chi connectivity index (χ4v) is 1.39. The van der Waals surface area contributed by atoms with Gasteiger partial charge in [0.1, 0.15) is 0 Å². The first-order valence-corrected chi connectivity index (χ1v) is 5.03. The zero-order chi connectivity index (χ0) is 11.4. The van der Waals surface area contributed by atoms with Gasteiger partial charge in [-0.2, -0.15) is 0 Å². The summed E-state index contributed by atoms with van der Waals surface area (Å²) in [5.41, 5.74) is 6.47. The summed E-state index contributed by atoms with van der Waals surface area (Å²) in [7, 11) is 0. The van der Waals surface area contributed by atoms with Gasteiger partial charge in [0.15, 0.2) is 0 Å². The third-order valence-electron chi connectivity index (χ3n) is 2.32. The van der Waals surface area contributed by atoms with E-state index in [1.165, 1.54) is 0 Å². The Balaban J connectivity index is 1.90. The quantitative estimate of drug-likeness (QED) is 0.470. The van der Waals surface area contributed by atoms with Crippen LogP contribution in [-0.4, -0.2) is 25.8 Å². The van der Waals surface area contributed by atoms with E-state index in [9.17, 15) is 4.79 Å². The molecule has 5 heteroatoms. The van der Waals surface area contributed by atoms with Crippen LogP contribution in [-0.2, 0) is 14.5 Å². The van der Waals surface area contributed by atoms with E-state index < -0.39 is 5.97 Å². The molecule has 1 aromatic rings. The summed E-state index contributed by atoms with van der Waals surface area (Å²) in [5.74, 6) is -0.307. The standard InChI is InChI=1S/C11H13NO4/c12-10-4-2-1-3-9(10)11(13)14-5-8-6-15-16-7-8/h1-4,8H,5-7,12H2. The smallest absolute Gasteiger partial charge is 0.340 e. The van der Waals surface area contributed by atoms with Crippen LogP contribution in [0, 0.1) is 5.92 Å². The number of para-hydroxylation sites is 1. The van der Waals surface area contributed by atoms with Gasteiger partial charge in [0.25, 0.3) is 0 Å². The Kier molecular flexibility index (Phi) is 3.38. The molecule has 1 aromatic carbocycles. The van der Waals surface area contributed by atoms with Gasteiger partial charge in [-0.1, -0.05) is 12.1 Å². The maximum Gasteiger partial charge on any atom is 0.340 e. The van der Waals surface area contributed by atoms with Gasteiger partial charge in [0.2, 0.25) is 0 Å². The van der Waals surface area contributed by atoms with Crippen LogP contribution in [0.3, 0.4) is 0 Å². The first-order chi connectivity index (χ1) is 7.77. The largest absolute Gasteiger partial charge is 0.462 e. The summed E-state index contributed by atoms with van der Waals surface area (Å²) in [6.07, 6.45) is 0. The SMILES string of the molecule is Nc1ccccc1C(=O)OCC1COOC1. The molecule has 0 spiro atoms. The van der Waals surface area contributed by atoms with Crippen molar-refractivity contribution in [3.05, 3.63) is 29.8 Å². The first-order valence-electron chi connectivity index (χ1n) is 5.03. The lowest BCUT2D eigenvalue weighted by atomic mass is 10.2. The average Bonchev–Trinajstić information content (AvgIpc) is 2.79. The Labute approximate surface area is 93.0 Å². The molecule has 0 aromatic heterocycles. The fourth-order valence-electron chi connectivity index (χ4n) is 1.39. The highest BCUT2D eigenvalue weighted by Crippen LogP contribution is 2.14. The van der Waals surface area contributed by atoms with Crippen molar-refractivity contribution in [2.75, 3.05) is 25.6 Å². The predicted octanol–water partition coefficient (Wildman–Crippen LogP) is 1.00. The molecule has 0 unspecified atom stereocenters. The van der Waals surface area contributed by atoms with Crippen molar-refractivity contribution in [3.63, 3.8) is 0 Å². The third-order valence-corrected chi connectivity index (χ3v) is 2.32. The number of rotatable bonds is 3. The van der Waals surface area contributed by atoms with Crippen molar-refractivity contribution in [1.82, 2.24) is 0 Å². The minimum atomic E-state index is -0.412. The highest BCUT2D eigenvalue weighted by atomic mass is 17.2. The van der Waals surface area contributed by atoms with Gasteiger partial charge >= 0.3 is 5.97 Å². The topological polar surface area (TPSA) is 70.8 Å². The maximum atomic E-state index is 11.6. The summed E-state index contributed by atoms with van der Waals surface area (Å²) >= 11 is 0. The van der Waals surface area contributed by atoms with Crippen LogP contribution in [0.1, 0.15) is 10.4 Å². The number of hydrogen-bond acceptors (Lipinski definition) is 5. The summed E-state index contributed by atoms with van der Waals surface area (Å²) in [6.45, 7) is 1.20. The Morgan fingerprint density at radius 2 is 2.06 bits per heavy atom. The molecule has 0 aliphatic carbocycles. The number of carbonyl (C=O) groups excluding carboxylic acids is 1. The van der Waals surface area contributed by atoms with Crippen LogP contribution in [0.4, 0.5) is 5.69 Å². The van der Waals surface area contributed by atoms with Gasteiger partial charge in [-0.3, -0.25) is 0 Å². The molecular weight excluding hydrogens is 210 g/mol. The average molecular weight is 223 g/mol. The highest BCUT2D eigenvalue weighted by molar-refractivity contribution is 5.94. The molecule has 0 amide bonds. The lowest BCUT2D eigenvalue weighted by Gasteiger charge is -2.08. The Morgan fingerprint density at radius 3 is 2.75 bits per heavy atom. The van der Waals surface area contributed by atoms with Crippen molar-refractivity contribution in [3.8, 4) is 0 Å². The van der Waals surface area contributed by atoms with E-state index in [-0.39, 0.29) is 12.5 Å². The molecule has 2 N–H and O–H groups in total. The molecule has 1 saturated heterocycles. The van der Waals surface area contributed by atoms with Crippen LogP contribution in [0.5, 0.6) is 0 Å². The summed E-state index contributed by atoms with van der Waals surface area (Å²) < 4.78 is 5.11. The second-order valence-electron chi connectivity index (χ2n) is 3.62. The molecule has 0 radical (unpaired) electrons. The van der Waals surface area contributed by atoms with Gasteiger partial charge in [-0.05, 0) is 12.1 Å². The zero-order valence-corrected chi connectivity index (χ0v) is 8.72. The van der Waals surface area contributed by atoms with Gasteiger partial charge in [0, 0.05) is 11.6 Å². The van der Waals surface area contributed by atoms with E-state index in [1.807, 2.05) is 0 Å². The molecule has 2 rings (SSSR count). The van der Waals surface area contributed by atoms with E-state index in [0.717, 1.165) is 0 Å². The molecule has 1 fully saturated rings. The predicted molar refractivity (Wildman–Crippen MR) is 56.5 cm³/mol. The highest BCUT2D eigenvalue weighted by Gasteiger charge is 2.20. The molecule has 86 valence electrons. The van der Waals surface area contributed by atoms with E-state index in [2.05, 4.69) is 0 Å². The second kappa shape index (κ2) is 4.96. The minimum Gasteiger partial charge on any atom is -0.462 e. The van der Waals surface area contributed by atoms with Crippen LogP contribution in [0.2, 0.25) is 0 Å². The van der Waals surface area contributed by atoms with Crippen LogP contribution in [0.25, 0.3) is 0 Å². The lowest BCUT2D eigenvalue weighted by Crippen LogP contribution is -2.17. The van der Waals surface area contributed by atoms with E-state index in [0.29, 0.717) is 24.5 Å². The van der Waals surface area contributed by atoms with Gasteiger partial charge < -0.3 is 10.5 Å². The van der Waals surface area contributed by atoms with E-state index in [1.54, 1.807) is 24.3 Å². The molecular formula is C11H13NO4. The number of nitrogen functional groups attached to an aromatic ring is 1. The molecule has 1 aliphatic rings. The van der Waals surface area contributed by atoms with E-state index >= 15 is 0 Å². The Bertz CT molecular complexity index is 374. The number of anilines is 1. The summed E-state index contributed by atoms with van der Waals surface area (Å²) in [6, 6.07) is 6.82. The number of nitrogens with two attached hydrogens (primary N) is 1. The zero-order valence-electron chi connectivity index (χ0n) is 8.72. The van der Waals surface area contributed by atoms with Crippen LogP contribution >= 0.6 is 0 Å². The molecule has 0 bridgehead atoms. The first kappa shape index (κ1) is 10.9. The van der Waals surface area contributed by atoms with Crippen LogP contribution in [0.15, 0.2) is 24.3 Å². The summed E-state index contributed by atoms with van der Waals surface area (Å²) in [5, 5.41) is 0. The summed E-state index contributed by atoms with van der Waals surface area (Å²) in [4.78, 5) is 21.0. The molecule has 1 heterocycles. The Morgan fingerprint density at radius 1 is 1.38 bits per heavy atom. The van der Waals surface area contributed by atoms with E-state index in [4.69, 9.17) is 20.2 Å². The number of benzene rings is 1. The van der Waals surface area contributed by atoms with Crippen LogP contribution < -0.4 is 5.73 Å². The Hall–Kier alpha value is -1.59. The van der Waals surface area contributed by atoms with Crippen molar-refractivity contribution >= 4 is 11.7 Å². The second-order valence-corrected chi connectivity index (χ2v) is 3.62. The molecule has 0 saturated carbocycles. The maximum absolute atomic E-state index is 11.6. The van der Waals surface area contributed by atoms with Gasteiger partial charge in [0.05, 0.1) is 25.4 Å². The lowest BCUT2D eigenvalue weighted by molar-refractivity contribution is -0.248. The number of hydrogen-bond donors (Lipinski definition) is 1.